The Labute approximate surface area is 143 Å². The SMILES string of the molecule is CC(C)(C)c1cc(NC(=O)CC2CCCC2)n(-c2ccccn2)n1. The predicted octanol–water partition coefficient (Wildman–Crippen LogP) is 4.08. The van der Waals surface area contributed by atoms with E-state index in [-0.39, 0.29) is 11.3 Å². The van der Waals surface area contributed by atoms with Gasteiger partial charge in [-0.1, -0.05) is 39.7 Å². The second-order valence-corrected chi connectivity index (χ2v) is 7.67. The summed E-state index contributed by atoms with van der Waals surface area (Å²) in [5, 5.41) is 7.73. The van der Waals surface area contributed by atoms with E-state index in [1.54, 1.807) is 10.9 Å². The van der Waals surface area contributed by atoms with E-state index in [2.05, 4.69) is 36.2 Å². The van der Waals surface area contributed by atoms with Gasteiger partial charge in [-0.3, -0.25) is 4.79 Å². The molecule has 2 heterocycles. The van der Waals surface area contributed by atoms with Gasteiger partial charge in [-0.2, -0.15) is 9.78 Å². The molecule has 3 rings (SSSR count). The summed E-state index contributed by atoms with van der Waals surface area (Å²) in [6.07, 6.45) is 7.16. The number of amides is 1. The van der Waals surface area contributed by atoms with Crippen LogP contribution in [0.5, 0.6) is 0 Å². The first-order chi connectivity index (χ1) is 11.4. The van der Waals surface area contributed by atoms with Crippen molar-refractivity contribution in [2.45, 2.75) is 58.3 Å². The van der Waals surface area contributed by atoms with E-state index < -0.39 is 0 Å². The van der Waals surface area contributed by atoms with E-state index in [9.17, 15) is 4.79 Å². The first-order valence-electron chi connectivity index (χ1n) is 8.75. The average molecular weight is 326 g/mol. The predicted molar refractivity (Wildman–Crippen MR) is 95.3 cm³/mol. The molecule has 1 fully saturated rings. The molecule has 24 heavy (non-hydrogen) atoms. The number of carbonyl (C=O) groups is 1. The Morgan fingerprint density at radius 2 is 2.04 bits per heavy atom. The molecule has 5 heteroatoms. The molecular formula is C19H26N4O. The lowest BCUT2D eigenvalue weighted by molar-refractivity contribution is -0.117. The first kappa shape index (κ1) is 16.7. The number of hydrogen-bond acceptors (Lipinski definition) is 3. The van der Waals surface area contributed by atoms with Gasteiger partial charge in [0.2, 0.25) is 5.91 Å². The lowest BCUT2D eigenvalue weighted by atomic mass is 9.92. The summed E-state index contributed by atoms with van der Waals surface area (Å²) in [5.41, 5.74) is 0.842. The van der Waals surface area contributed by atoms with Crippen LogP contribution >= 0.6 is 0 Å². The van der Waals surface area contributed by atoms with Crippen molar-refractivity contribution in [3.63, 3.8) is 0 Å². The fourth-order valence-electron chi connectivity index (χ4n) is 3.16. The summed E-state index contributed by atoms with van der Waals surface area (Å²) in [4.78, 5) is 16.8. The highest BCUT2D eigenvalue weighted by molar-refractivity contribution is 5.90. The van der Waals surface area contributed by atoms with Crippen LogP contribution in [0.15, 0.2) is 30.5 Å². The third kappa shape index (κ3) is 3.83. The maximum Gasteiger partial charge on any atom is 0.225 e. The van der Waals surface area contributed by atoms with E-state index in [1.165, 1.54) is 25.7 Å². The highest BCUT2D eigenvalue weighted by atomic mass is 16.1. The molecule has 1 amide bonds. The van der Waals surface area contributed by atoms with Gasteiger partial charge in [-0.05, 0) is 30.9 Å². The summed E-state index contributed by atoms with van der Waals surface area (Å²) < 4.78 is 1.73. The largest absolute Gasteiger partial charge is 0.311 e. The molecule has 1 aliphatic carbocycles. The van der Waals surface area contributed by atoms with Gasteiger partial charge < -0.3 is 5.32 Å². The minimum atomic E-state index is -0.0923. The van der Waals surface area contributed by atoms with Crippen molar-refractivity contribution in [2.24, 2.45) is 5.92 Å². The fourth-order valence-corrected chi connectivity index (χ4v) is 3.16. The fraction of sp³-hybridized carbons (Fsp3) is 0.526. The van der Waals surface area contributed by atoms with Crippen molar-refractivity contribution in [3.8, 4) is 5.82 Å². The van der Waals surface area contributed by atoms with Crippen LogP contribution in [0, 0.1) is 5.92 Å². The van der Waals surface area contributed by atoms with Crippen molar-refractivity contribution in [2.75, 3.05) is 5.32 Å². The quantitative estimate of drug-likeness (QED) is 0.921. The molecular weight excluding hydrogens is 300 g/mol. The van der Waals surface area contributed by atoms with Crippen molar-refractivity contribution in [1.29, 1.82) is 0 Å². The lowest BCUT2D eigenvalue weighted by Crippen LogP contribution is -2.17. The molecule has 1 N–H and O–H groups in total. The van der Waals surface area contributed by atoms with Crippen molar-refractivity contribution >= 4 is 11.7 Å². The van der Waals surface area contributed by atoms with Crippen LogP contribution in [0.3, 0.4) is 0 Å². The zero-order valence-electron chi connectivity index (χ0n) is 14.7. The number of hydrogen-bond donors (Lipinski definition) is 1. The van der Waals surface area contributed by atoms with Gasteiger partial charge in [0, 0.05) is 24.1 Å². The molecule has 128 valence electrons. The Kier molecular flexibility index (Phi) is 4.69. The second kappa shape index (κ2) is 6.75. The van der Waals surface area contributed by atoms with Crippen LogP contribution in [0.4, 0.5) is 5.82 Å². The minimum absolute atomic E-state index is 0.0689. The van der Waals surface area contributed by atoms with Gasteiger partial charge in [0.15, 0.2) is 5.82 Å². The number of pyridine rings is 1. The Morgan fingerprint density at radius 3 is 2.67 bits per heavy atom. The average Bonchev–Trinajstić information content (AvgIpc) is 3.17. The van der Waals surface area contributed by atoms with Gasteiger partial charge in [0.1, 0.15) is 5.82 Å². The third-order valence-electron chi connectivity index (χ3n) is 4.56. The number of carbonyl (C=O) groups excluding carboxylic acids is 1. The van der Waals surface area contributed by atoms with Gasteiger partial charge >= 0.3 is 0 Å². The third-order valence-corrected chi connectivity index (χ3v) is 4.56. The van der Waals surface area contributed by atoms with E-state index >= 15 is 0 Å². The van der Waals surface area contributed by atoms with Gasteiger partial charge in [-0.25, -0.2) is 4.98 Å². The summed E-state index contributed by atoms with van der Waals surface area (Å²) in [5.74, 6) is 2.00. The van der Waals surface area contributed by atoms with E-state index in [1.807, 2.05) is 24.3 Å². The maximum absolute atomic E-state index is 12.4. The number of nitrogens with one attached hydrogen (secondary N) is 1. The Bertz CT molecular complexity index is 694. The molecule has 0 atom stereocenters. The van der Waals surface area contributed by atoms with Gasteiger partial charge in [0.25, 0.3) is 0 Å². The van der Waals surface area contributed by atoms with Crippen molar-refractivity contribution in [1.82, 2.24) is 14.8 Å². The van der Waals surface area contributed by atoms with Crippen LogP contribution in [-0.4, -0.2) is 20.7 Å². The highest BCUT2D eigenvalue weighted by Crippen LogP contribution is 2.29. The molecule has 1 saturated carbocycles. The van der Waals surface area contributed by atoms with E-state index in [0.29, 0.717) is 24.0 Å². The maximum atomic E-state index is 12.4. The molecule has 0 bridgehead atoms. The molecule has 0 unspecified atom stereocenters. The van der Waals surface area contributed by atoms with Gasteiger partial charge in [-0.15, -0.1) is 0 Å². The summed E-state index contributed by atoms with van der Waals surface area (Å²) in [6, 6.07) is 7.65. The Balaban J connectivity index is 1.85. The summed E-state index contributed by atoms with van der Waals surface area (Å²) >= 11 is 0. The summed E-state index contributed by atoms with van der Waals surface area (Å²) in [6.45, 7) is 6.34. The van der Waals surface area contributed by atoms with Crippen LogP contribution in [-0.2, 0) is 10.2 Å². The molecule has 0 saturated heterocycles. The van der Waals surface area contributed by atoms with Gasteiger partial charge in [0.05, 0.1) is 5.69 Å². The Hall–Kier alpha value is -2.17. The standard InChI is InChI=1S/C19H26N4O/c1-19(2,3)15-13-17(21-18(24)12-14-8-4-5-9-14)23(22-15)16-10-6-7-11-20-16/h6-7,10-11,13-14H,4-5,8-9,12H2,1-3H3,(H,21,24). The molecule has 0 spiro atoms. The van der Waals surface area contributed by atoms with Crippen LogP contribution < -0.4 is 5.32 Å². The molecule has 2 aromatic heterocycles. The number of anilines is 1. The topological polar surface area (TPSA) is 59.8 Å². The van der Waals surface area contributed by atoms with Crippen molar-refractivity contribution in [3.05, 3.63) is 36.2 Å². The monoisotopic (exact) mass is 326 g/mol. The highest BCUT2D eigenvalue weighted by Gasteiger charge is 2.23. The Morgan fingerprint density at radius 1 is 1.29 bits per heavy atom. The zero-order chi connectivity index (χ0) is 17.2. The molecule has 5 nitrogen and oxygen atoms in total. The zero-order valence-corrected chi connectivity index (χ0v) is 14.7. The van der Waals surface area contributed by atoms with Crippen LogP contribution in [0.2, 0.25) is 0 Å². The smallest absolute Gasteiger partial charge is 0.225 e. The second-order valence-electron chi connectivity index (χ2n) is 7.67. The first-order valence-corrected chi connectivity index (χ1v) is 8.75. The van der Waals surface area contributed by atoms with E-state index in [0.717, 1.165) is 5.69 Å². The van der Waals surface area contributed by atoms with Crippen LogP contribution in [0.1, 0.15) is 58.6 Å². The molecule has 2 aromatic rings. The molecule has 1 aliphatic rings. The molecule has 0 aliphatic heterocycles. The normalized spacial score (nSPS) is 15.6. The summed E-state index contributed by atoms with van der Waals surface area (Å²) in [7, 11) is 0. The molecule has 0 radical (unpaired) electrons. The minimum Gasteiger partial charge on any atom is -0.311 e. The number of nitrogens with zero attached hydrogens (tertiary/aromatic N) is 3. The number of rotatable bonds is 4. The lowest BCUT2D eigenvalue weighted by Gasteiger charge is -2.13. The molecule has 0 aromatic carbocycles. The van der Waals surface area contributed by atoms with Crippen molar-refractivity contribution < 1.29 is 4.79 Å². The number of aromatic nitrogens is 3. The van der Waals surface area contributed by atoms with Crippen LogP contribution in [0.25, 0.3) is 5.82 Å². The van der Waals surface area contributed by atoms with E-state index in [4.69, 9.17) is 0 Å².